The van der Waals surface area contributed by atoms with E-state index in [0.29, 0.717) is 37.7 Å². The van der Waals surface area contributed by atoms with Gasteiger partial charge in [-0.1, -0.05) is 18.2 Å². The van der Waals surface area contributed by atoms with Crippen LogP contribution in [0.2, 0.25) is 0 Å². The Bertz CT molecular complexity index is 1040. The van der Waals surface area contributed by atoms with Crippen LogP contribution < -0.4 is 0 Å². The van der Waals surface area contributed by atoms with E-state index in [1.165, 1.54) is 12.1 Å². The van der Waals surface area contributed by atoms with Crippen LogP contribution in [0.25, 0.3) is 0 Å². The number of phenolic OH excluding ortho intramolecular Hbond substituents is 1. The number of carbonyl (C=O) groups excluding carboxylic acids is 1. The third-order valence-corrected chi connectivity index (χ3v) is 7.30. The zero-order chi connectivity index (χ0) is 22.7. The molecule has 0 bridgehead atoms. The van der Waals surface area contributed by atoms with E-state index in [1.807, 2.05) is 0 Å². The first-order valence-corrected chi connectivity index (χ1v) is 10.8. The third kappa shape index (κ3) is 3.64. The summed E-state index contributed by atoms with van der Waals surface area (Å²) in [6.45, 7) is 2.48. The number of benzene rings is 2. The van der Waals surface area contributed by atoms with Gasteiger partial charge in [-0.05, 0) is 61.6 Å². The molecule has 1 aliphatic carbocycles. The Labute approximate surface area is 183 Å². The van der Waals surface area contributed by atoms with Crippen LogP contribution in [-0.4, -0.2) is 53.0 Å². The lowest BCUT2D eigenvalue weighted by Crippen LogP contribution is -2.67. The van der Waals surface area contributed by atoms with Gasteiger partial charge < -0.3 is 10.0 Å². The van der Waals surface area contributed by atoms with E-state index >= 15 is 0 Å². The normalized spacial score (nSPS) is 23.2. The van der Waals surface area contributed by atoms with E-state index in [1.54, 1.807) is 17.0 Å². The van der Waals surface area contributed by atoms with Gasteiger partial charge in [-0.15, -0.1) is 0 Å². The number of aromatic hydroxyl groups is 1. The molecule has 1 amide bonds. The molecular formula is C24H24F4N2O2. The van der Waals surface area contributed by atoms with Crippen LogP contribution in [0.1, 0.15) is 46.7 Å². The van der Waals surface area contributed by atoms with Crippen LogP contribution in [-0.2, 0) is 6.18 Å². The number of likely N-dealkylation sites (tertiary alicyclic amines) is 2. The molecule has 2 aromatic carbocycles. The minimum Gasteiger partial charge on any atom is -0.508 e. The molecule has 8 heteroatoms. The Balaban J connectivity index is 1.17. The number of amides is 1. The topological polar surface area (TPSA) is 43.8 Å². The lowest BCUT2D eigenvalue weighted by atomic mass is 9.60. The molecule has 170 valence electrons. The second-order valence-corrected chi connectivity index (χ2v) is 9.45. The molecule has 1 spiro atoms. The van der Waals surface area contributed by atoms with Gasteiger partial charge in [-0.3, -0.25) is 9.69 Å². The molecule has 2 aromatic rings. The maximum atomic E-state index is 13.9. The molecule has 0 unspecified atom stereocenters. The van der Waals surface area contributed by atoms with E-state index in [0.717, 1.165) is 37.6 Å². The summed E-state index contributed by atoms with van der Waals surface area (Å²) in [5.41, 5.74) is -0.258. The molecule has 3 fully saturated rings. The quantitative estimate of drug-likeness (QED) is 0.696. The number of nitrogens with zero attached hydrogens (tertiary/aromatic N) is 2. The summed E-state index contributed by atoms with van der Waals surface area (Å²) in [7, 11) is 0. The molecule has 2 heterocycles. The van der Waals surface area contributed by atoms with E-state index in [4.69, 9.17) is 0 Å². The van der Waals surface area contributed by atoms with Crippen molar-refractivity contribution in [2.24, 2.45) is 5.41 Å². The number of alkyl halides is 3. The summed E-state index contributed by atoms with van der Waals surface area (Å²) in [5.74, 6) is -1.35. The Morgan fingerprint density at radius 1 is 1.09 bits per heavy atom. The fraction of sp³-hybridized carbons (Fsp3) is 0.458. The van der Waals surface area contributed by atoms with Crippen molar-refractivity contribution >= 4 is 5.91 Å². The molecule has 2 saturated heterocycles. The first-order valence-electron chi connectivity index (χ1n) is 10.8. The van der Waals surface area contributed by atoms with Crippen LogP contribution in [0.4, 0.5) is 17.6 Å². The van der Waals surface area contributed by atoms with E-state index in [-0.39, 0.29) is 22.6 Å². The van der Waals surface area contributed by atoms with Crippen molar-refractivity contribution in [3.63, 3.8) is 0 Å². The average Bonchev–Trinajstić information content (AvgIpc) is 3.16. The second kappa shape index (κ2) is 7.47. The maximum Gasteiger partial charge on any atom is 0.416 e. The summed E-state index contributed by atoms with van der Waals surface area (Å²) in [5, 5.41) is 9.53. The molecule has 3 aliphatic rings. The van der Waals surface area contributed by atoms with Crippen molar-refractivity contribution < 1.29 is 27.5 Å². The zero-order valence-corrected chi connectivity index (χ0v) is 17.4. The number of hydrogen-bond donors (Lipinski definition) is 1. The third-order valence-electron chi connectivity index (χ3n) is 7.30. The second-order valence-electron chi connectivity index (χ2n) is 9.45. The van der Waals surface area contributed by atoms with Gasteiger partial charge in [0, 0.05) is 31.1 Å². The van der Waals surface area contributed by atoms with Gasteiger partial charge in [-0.2, -0.15) is 13.2 Å². The fourth-order valence-electron chi connectivity index (χ4n) is 5.69. The molecular weight excluding hydrogens is 424 g/mol. The Morgan fingerprint density at radius 3 is 2.53 bits per heavy atom. The van der Waals surface area contributed by atoms with Gasteiger partial charge in [0.05, 0.1) is 11.1 Å². The van der Waals surface area contributed by atoms with Gasteiger partial charge in [-0.25, -0.2) is 4.39 Å². The monoisotopic (exact) mass is 448 g/mol. The lowest BCUT2D eigenvalue weighted by Gasteiger charge is -2.60. The summed E-state index contributed by atoms with van der Waals surface area (Å²) >= 11 is 0. The van der Waals surface area contributed by atoms with Crippen molar-refractivity contribution in [3.8, 4) is 5.75 Å². The van der Waals surface area contributed by atoms with Crippen molar-refractivity contribution in [3.05, 3.63) is 65.0 Å². The average molecular weight is 448 g/mol. The van der Waals surface area contributed by atoms with E-state index in [2.05, 4.69) is 4.90 Å². The number of carbonyl (C=O) groups is 1. The summed E-state index contributed by atoms with van der Waals surface area (Å²) in [6.07, 6.45) is -1.85. The van der Waals surface area contributed by atoms with Gasteiger partial charge in [0.25, 0.3) is 5.91 Å². The van der Waals surface area contributed by atoms with Crippen LogP contribution in [0.15, 0.2) is 42.5 Å². The lowest BCUT2D eigenvalue weighted by molar-refractivity contribution is -0.138. The van der Waals surface area contributed by atoms with Crippen LogP contribution in [0.3, 0.4) is 0 Å². The van der Waals surface area contributed by atoms with Crippen molar-refractivity contribution in [2.75, 3.05) is 26.2 Å². The van der Waals surface area contributed by atoms with Crippen LogP contribution in [0.5, 0.6) is 5.75 Å². The van der Waals surface area contributed by atoms with Gasteiger partial charge in [0.15, 0.2) is 0 Å². The van der Waals surface area contributed by atoms with Crippen LogP contribution in [0, 0.1) is 11.2 Å². The van der Waals surface area contributed by atoms with Crippen molar-refractivity contribution in [1.29, 1.82) is 0 Å². The summed E-state index contributed by atoms with van der Waals surface area (Å²) < 4.78 is 54.1. The van der Waals surface area contributed by atoms with Gasteiger partial charge >= 0.3 is 6.18 Å². The Morgan fingerprint density at radius 2 is 1.81 bits per heavy atom. The highest BCUT2D eigenvalue weighted by molar-refractivity contribution is 5.95. The number of halogens is 4. The smallest absolute Gasteiger partial charge is 0.416 e. The molecule has 1 atom stereocenters. The molecule has 32 heavy (non-hydrogen) atoms. The number of phenols is 1. The first-order chi connectivity index (χ1) is 15.2. The predicted octanol–water partition coefficient (Wildman–Crippen LogP) is 4.64. The Hall–Kier alpha value is -2.61. The summed E-state index contributed by atoms with van der Waals surface area (Å²) in [6, 6.07) is 9.60. The molecule has 0 aromatic heterocycles. The highest BCUT2D eigenvalue weighted by Gasteiger charge is 2.55. The maximum absolute atomic E-state index is 13.9. The SMILES string of the molecule is O=C(c1cc(O)ccc1F)N1CC2(CC(N3CC[C@@H](c4ccccc4C(F)(F)F)C3)C2)C1. The van der Waals surface area contributed by atoms with Gasteiger partial charge in [0.1, 0.15) is 11.6 Å². The number of hydrogen-bond acceptors (Lipinski definition) is 3. The molecule has 1 N–H and O–H groups in total. The Kier molecular flexibility index (Phi) is 4.96. The van der Waals surface area contributed by atoms with Crippen molar-refractivity contribution in [2.45, 2.75) is 37.4 Å². The number of rotatable bonds is 3. The van der Waals surface area contributed by atoms with E-state index in [9.17, 15) is 27.5 Å². The molecule has 2 aliphatic heterocycles. The minimum absolute atomic E-state index is 0.0234. The molecule has 0 radical (unpaired) electrons. The largest absolute Gasteiger partial charge is 0.508 e. The predicted molar refractivity (Wildman–Crippen MR) is 110 cm³/mol. The molecule has 1 saturated carbocycles. The fourth-order valence-corrected chi connectivity index (χ4v) is 5.69. The minimum atomic E-state index is -4.35. The van der Waals surface area contributed by atoms with Crippen LogP contribution >= 0.6 is 0 Å². The molecule has 4 nitrogen and oxygen atoms in total. The highest BCUT2D eigenvalue weighted by atomic mass is 19.4. The zero-order valence-electron chi connectivity index (χ0n) is 17.4. The van der Waals surface area contributed by atoms with Crippen molar-refractivity contribution in [1.82, 2.24) is 9.80 Å². The van der Waals surface area contributed by atoms with E-state index < -0.39 is 23.5 Å². The standard InChI is InChI=1S/C24H24F4N2O2/c25-21-6-5-17(31)9-19(21)22(32)30-13-23(14-30)10-16(11-23)29-8-7-15(12-29)18-3-1-2-4-20(18)24(26,27)28/h1-6,9,15-16,31H,7-8,10-14H2/t15-/m1/s1. The first kappa shape index (κ1) is 21.2. The van der Waals surface area contributed by atoms with Gasteiger partial charge in [0.2, 0.25) is 0 Å². The molecule has 5 rings (SSSR count). The highest BCUT2D eigenvalue weighted by Crippen LogP contribution is 2.52. The summed E-state index contributed by atoms with van der Waals surface area (Å²) in [4.78, 5) is 16.4.